The molecular weight excluding hydrogens is 322 g/mol. The average molecular weight is 343 g/mol. The van der Waals surface area contributed by atoms with Gasteiger partial charge in [0.2, 0.25) is 5.95 Å². The number of carbonyl (C=O) groups is 1. The van der Waals surface area contributed by atoms with E-state index in [2.05, 4.69) is 20.6 Å². The van der Waals surface area contributed by atoms with E-state index in [1.54, 1.807) is 30.4 Å². The largest absolute Gasteiger partial charge is 0.486 e. The van der Waals surface area contributed by atoms with Crippen LogP contribution in [0.3, 0.4) is 0 Å². The Kier molecular flexibility index (Phi) is 5.50. The van der Waals surface area contributed by atoms with E-state index >= 15 is 0 Å². The Labute approximate surface area is 146 Å². The zero-order chi connectivity index (χ0) is 17.5. The Bertz CT molecular complexity index is 698. The molecule has 0 saturated carbocycles. The lowest BCUT2D eigenvalue weighted by Crippen LogP contribution is -2.46. The summed E-state index contributed by atoms with van der Waals surface area (Å²) in [6.45, 7) is 1.86. The van der Waals surface area contributed by atoms with Crippen LogP contribution in [0.2, 0.25) is 0 Å². The number of hydrogen-bond donors (Lipinski definition) is 2. The van der Waals surface area contributed by atoms with Crippen molar-refractivity contribution in [3.63, 3.8) is 0 Å². The van der Waals surface area contributed by atoms with Crippen molar-refractivity contribution in [3.8, 4) is 11.5 Å². The lowest BCUT2D eigenvalue weighted by molar-refractivity contribution is 0.0716. The van der Waals surface area contributed by atoms with Gasteiger partial charge >= 0.3 is 6.03 Å². The van der Waals surface area contributed by atoms with Crippen molar-refractivity contribution < 1.29 is 14.3 Å². The number of anilines is 1. The first kappa shape index (κ1) is 16.8. The van der Waals surface area contributed by atoms with Crippen LogP contribution in [0.25, 0.3) is 0 Å². The van der Waals surface area contributed by atoms with Crippen LogP contribution in [0.1, 0.15) is 0 Å². The summed E-state index contributed by atoms with van der Waals surface area (Å²) in [6, 6.07) is 9.10. The van der Waals surface area contributed by atoms with E-state index in [4.69, 9.17) is 9.47 Å². The molecule has 1 aliphatic rings. The maximum Gasteiger partial charge on any atom is 0.317 e. The first-order chi connectivity index (χ1) is 12.2. The Balaban J connectivity index is 1.38. The lowest BCUT2D eigenvalue weighted by atomic mass is 10.2. The molecule has 25 heavy (non-hydrogen) atoms. The molecule has 0 saturated heterocycles. The van der Waals surface area contributed by atoms with E-state index in [0.717, 1.165) is 5.75 Å². The van der Waals surface area contributed by atoms with Crippen LogP contribution in [0.4, 0.5) is 10.7 Å². The highest BCUT2D eigenvalue weighted by atomic mass is 16.6. The predicted molar refractivity (Wildman–Crippen MR) is 92.9 cm³/mol. The van der Waals surface area contributed by atoms with Crippen molar-refractivity contribution in [1.29, 1.82) is 0 Å². The smallest absolute Gasteiger partial charge is 0.317 e. The van der Waals surface area contributed by atoms with Gasteiger partial charge in [0.1, 0.15) is 6.61 Å². The van der Waals surface area contributed by atoms with Gasteiger partial charge in [0.25, 0.3) is 0 Å². The van der Waals surface area contributed by atoms with Crippen LogP contribution >= 0.6 is 0 Å². The summed E-state index contributed by atoms with van der Waals surface area (Å²) in [5.74, 6) is 1.98. The van der Waals surface area contributed by atoms with E-state index < -0.39 is 0 Å². The highest BCUT2D eigenvalue weighted by molar-refractivity contribution is 5.73. The standard InChI is InChI=1S/C17H21N5O3/c1-22(11-13-12-24-14-5-2-3-6-15(14)25-13)17(23)21-10-9-20-16-18-7-4-8-19-16/h2-8,13H,9-12H2,1H3,(H,21,23)(H,18,19,20)/t13-/m0/s1. The summed E-state index contributed by atoms with van der Waals surface area (Å²) in [5, 5.41) is 5.87. The summed E-state index contributed by atoms with van der Waals surface area (Å²) in [4.78, 5) is 21.8. The zero-order valence-corrected chi connectivity index (χ0v) is 14.0. The van der Waals surface area contributed by atoms with Gasteiger partial charge < -0.3 is 25.0 Å². The Morgan fingerprint density at radius 3 is 2.76 bits per heavy atom. The summed E-state index contributed by atoms with van der Waals surface area (Å²) in [6.07, 6.45) is 3.12. The van der Waals surface area contributed by atoms with Crippen LogP contribution in [-0.4, -0.2) is 60.3 Å². The maximum atomic E-state index is 12.1. The molecule has 2 amide bonds. The highest BCUT2D eigenvalue weighted by Crippen LogP contribution is 2.30. The topological polar surface area (TPSA) is 88.6 Å². The number of likely N-dealkylation sites (N-methyl/N-ethyl adjacent to an activating group) is 1. The van der Waals surface area contributed by atoms with E-state index in [1.165, 1.54) is 0 Å². The minimum absolute atomic E-state index is 0.168. The van der Waals surface area contributed by atoms with Gasteiger partial charge in [-0.2, -0.15) is 0 Å². The van der Waals surface area contributed by atoms with E-state index in [-0.39, 0.29) is 12.1 Å². The van der Waals surface area contributed by atoms with E-state index in [9.17, 15) is 4.79 Å². The Morgan fingerprint density at radius 1 is 1.20 bits per heavy atom. The van der Waals surface area contributed by atoms with Gasteiger partial charge in [0.15, 0.2) is 17.6 Å². The number of rotatable bonds is 6. The Morgan fingerprint density at radius 2 is 1.96 bits per heavy atom. The number of carbonyl (C=O) groups excluding carboxylic acids is 1. The van der Waals surface area contributed by atoms with Crippen molar-refractivity contribution in [2.24, 2.45) is 0 Å². The van der Waals surface area contributed by atoms with Crippen LogP contribution in [0.15, 0.2) is 42.7 Å². The number of amides is 2. The van der Waals surface area contributed by atoms with Gasteiger partial charge in [-0.3, -0.25) is 0 Å². The van der Waals surface area contributed by atoms with Crippen LogP contribution in [0.5, 0.6) is 11.5 Å². The molecule has 0 aliphatic carbocycles. The molecule has 8 heteroatoms. The lowest BCUT2D eigenvalue weighted by Gasteiger charge is -2.29. The molecule has 0 spiro atoms. The molecule has 0 fully saturated rings. The van der Waals surface area contributed by atoms with Crippen molar-refractivity contribution in [3.05, 3.63) is 42.7 Å². The number of aromatic nitrogens is 2. The fourth-order valence-corrected chi connectivity index (χ4v) is 2.41. The third-order valence-corrected chi connectivity index (χ3v) is 3.64. The van der Waals surface area contributed by atoms with E-state index in [0.29, 0.717) is 37.9 Å². The van der Waals surface area contributed by atoms with Gasteiger partial charge in [-0.25, -0.2) is 14.8 Å². The fraction of sp³-hybridized carbons (Fsp3) is 0.353. The SMILES string of the molecule is CN(C[C@H]1COc2ccccc2O1)C(=O)NCCNc1ncccn1. The predicted octanol–water partition coefficient (Wildman–Crippen LogP) is 1.37. The molecule has 1 aliphatic heterocycles. The van der Waals surface area contributed by atoms with E-state index in [1.807, 2.05) is 24.3 Å². The second-order valence-corrected chi connectivity index (χ2v) is 5.61. The molecule has 0 bridgehead atoms. The number of para-hydroxylation sites is 2. The highest BCUT2D eigenvalue weighted by Gasteiger charge is 2.23. The van der Waals surface area contributed by atoms with Gasteiger partial charge in [-0.1, -0.05) is 12.1 Å². The van der Waals surface area contributed by atoms with Crippen molar-refractivity contribution in [1.82, 2.24) is 20.2 Å². The first-order valence-electron chi connectivity index (χ1n) is 8.11. The zero-order valence-electron chi connectivity index (χ0n) is 14.0. The average Bonchev–Trinajstić information content (AvgIpc) is 2.65. The first-order valence-corrected chi connectivity index (χ1v) is 8.11. The van der Waals surface area contributed by atoms with Gasteiger partial charge in [0.05, 0.1) is 6.54 Å². The minimum Gasteiger partial charge on any atom is -0.486 e. The number of urea groups is 1. The number of ether oxygens (including phenoxy) is 2. The molecule has 3 rings (SSSR count). The molecule has 0 unspecified atom stereocenters. The molecule has 2 aromatic rings. The van der Waals surface area contributed by atoms with Crippen molar-refractivity contribution in [2.75, 3.05) is 38.6 Å². The van der Waals surface area contributed by atoms with Crippen molar-refractivity contribution in [2.45, 2.75) is 6.10 Å². The Hall–Kier alpha value is -3.03. The molecule has 0 radical (unpaired) electrons. The normalized spacial score (nSPS) is 15.3. The van der Waals surface area contributed by atoms with Gasteiger partial charge in [0, 0.05) is 32.5 Å². The fourth-order valence-electron chi connectivity index (χ4n) is 2.41. The molecule has 132 valence electrons. The number of nitrogens with zero attached hydrogens (tertiary/aromatic N) is 3. The summed E-state index contributed by atoms with van der Waals surface area (Å²) in [5.41, 5.74) is 0. The van der Waals surface area contributed by atoms with Crippen molar-refractivity contribution >= 4 is 12.0 Å². The van der Waals surface area contributed by atoms with Gasteiger partial charge in [-0.15, -0.1) is 0 Å². The molecule has 1 aromatic heterocycles. The molecule has 1 atom stereocenters. The summed E-state index contributed by atoms with van der Waals surface area (Å²) in [7, 11) is 1.73. The summed E-state index contributed by atoms with van der Waals surface area (Å²) >= 11 is 0. The molecule has 2 heterocycles. The molecule has 1 aromatic carbocycles. The van der Waals surface area contributed by atoms with Crippen LogP contribution in [-0.2, 0) is 0 Å². The minimum atomic E-state index is -0.193. The summed E-state index contributed by atoms with van der Waals surface area (Å²) < 4.78 is 11.5. The van der Waals surface area contributed by atoms with Crippen LogP contribution < -0.4 is 20.1 Å². The third kappa shape index (κ3) is 4.72. The molecule has 8 nitrogen and oxygen atoms in total. The maximum absolute atomic E-state index is 12.1. The number of benzene rings is 1. The quantitative estimate of drug-likeness (QED) is 0.770. The van der Waals surface area contributed by atoms with Gasteiger partial charge in [-0.05, 0) is 18.2 Å². The third-order valence-electron chi connectivity index (χ3n) is 3.64. The molecule has 2 N–H and O–H groups in total. The second-order valence-electron chi connectivity index (χ2n) is 5.61. The number of hydrogen-bond acceptors (Lipinski definition) is 6. The molecular formula is C17H21N5O3. The number of fused-ring (bicyclic) bond motifs is 1. The van der Waals surface area contributed by atoms with Crippen LogP contribution in [0, 0.1) is 0 Å². The second kappa shape index (κ2) is 8.18. The monoisotopic (exact) mass is 343 g/mol. The number of nitrogens with one attached hydrogen (secondary N) is 2.